The van der Waals surface area contributed by atoms with Gasteiger partial charge in [-0.15, -0.1) is 0 Å². The number of aliphatic hydroxyl groups excluding tert-OH is 2. The van der Waals surface area contributed by atoms with Crippen LogP contribution in [-0.2, 0) is 16.0 Å². The molecule has 1 fully saturated rings. The normalized spacial score (nSPS) is 15.8. The summed E-state index contributed by atoms with van der Waals surface area (Å²) in [6.45, 7) is 3.26. The van der Waals surface area contributed by atoms with Gasteiger partial charge < -0.3 is 14.9 Å². The lowest BCUT2D eigenvalue weighted by Crippen LogP contribution is -2.45. The molecule has 0 bridgehead atoms. The molecule has 0 aliphatic carbocycles. The summed E-state index contributed by atoms with van der Waals surface area (Å²) in [7, 11) is -3.82. The van der Waals surface area contributed by atoms with Gasteiger partial charge in [0.1, 0.15) is 17.5 Å². The van der Waals surface area contributed by atoms with Crippen LogP contribution in [0.25, 0.3) is 0 Å². The Labute approximate surface area is 189 Å². The molecule has 3 N–H and O–H groups in total. The van der Waals surface area contributed by atoms with Crippen LogP contribution in [0.15, 0.2) is 29.4 Å². The lowest BCUT2D eigenvalue weighted by molar-refractivity contribution is -0.0566. The van der Waals surface area contributed by atoms with Gasteiger partial charge in [-0.1, -0.05) is 23.9 Å². The summed E-state index contributed by atoms with van der Waals surface area (Å²) in [6, 6.07) is 5.04. The number of hydrogen-bond acceptors (Lipinski definition) is 8. The number of nitrogens with one attached hydrogen (secondary N) is 1. The van der Waals surface area contributed by atoms with E-state index in [1.54, 1.807) is 0 Å². The van der Waals surface area contributed by atoms with Crippen LogP contribution >= 0.6 is 11.8 Å². The molecular weight excluding hydrogens is 466 g/mol. The third-order valence-electron chi connectivity index (χ3n) is 4.80. The average molecular weight is 491 g/mol. The van der Waals surface area contributed by atoms with Crippen molar-refractivity contribution in [1.29, 1.82) is 0 Å². The fourth-order valence-electron chi connectivity index (χ4n) is 2.66. The molecule has 0 unspecified atom stereocenters. The quantitative estimate of drug-likeness (QED) is 0.341. The second kappa shape index (κ2) is 9.83. The monoisotopic (exact) mass is 490 g/mol. The van der Waals surface area contributed by atoms with E-state index in [1.165, 1.54) is 36.4 Å². The standard InChI is InChI=1S/C19H24F2N4O5S2/c1-19(2,14(27)10-26)30-16-9-15(24-32(28,29)25-7-4-8-25)22-18(23-16)31-11-12-5-3-6-13(20)17(12)21/h3,5-6,9,14,26-27H,4,7-8,10-11H2,1-2H3,(H,22,23,24)/t14-/m1/s1. The van der Waals surface area contributed by atoms with Crippen molar-refractivity contribution in [3.63, 3.8) is 0 Å². The third kappa shape index (κ3) is 5.84. The first-order valence-electron chi connectivity index (χ1n) is 9.72. The van der Waals surface area contributed by atoms with Crippen LogP contribution < -0.4 is 9.46 Å². The van der Waals surface area contributed by atoms with Gasteiger partial charge >= 0.3 is 10.2 Å². The highest BCUT2D eigenvalue weighted by Gasteiger charge is 2.31. The van der Waals surface area contributed by atoms with Gasteiger partial charge in [0.05, 0.1) is 6.61 Å². The summed E-state index contributed by atoms with van der Waals surface area (Å²) >= 11 is 0.950. The van der Waals surface area contributed by atoms with E-state index >= 15 is 0 Å². The Morgan fingerprint density at radius 2 is 2.03 bits per heavy atom. The Bertz CT molecular complexity index is 1070. The number of ether oxygens (including phenoxy) is 1. The summed E-state index contributed by atoms with van der Waals surface area (Å²) in [6.07, 6.45) is -0.483. The van der Waals surface area contributed by atoms with Crippen molar-refractivity contribution in [2.24, 2.45) is 0 Å². The highest BCUT2D eigenvalue weighted by Crippen LogP contribution is 2.29. The smallest absolute Gasteiger partial charge is 0.302 e. The number of benzene rings is 1. The molecule has 1 aromatic carbocycles. The highest BCUT2D eigenvalue weighted by molar-refractivity contribution is 7.98. The summed E-state index contributed by atoms with van der Waals surface area (Å²) in [5.74, 6) is -2.14. The average Bonchev–Trinajstić information content (AvgIpc) is 2.65. The van der Waals surface area contributed by atoms with Crippen molar-refractivity contribution in [2.45, 2.75) is 42.9 Å². The third-order valence-corrected chi connectivity index (χ3v) is 7.21. The molecule has 176 valence electrons. The molecule has 1 saturated heterocycles. The van der Waals surface area contributed by atoms with Crippen molar-refractivity contribution in [3.8, 4) is 5.88 Å². The lowest BCUT2D eigenvalue weighted by atomic mass is 10.0. The van der Waals surface area contributed by atoms with E-state index in [-0.39, 0.29) is 28.2 Å². The van der Waals surface area contributed by atoms with Crippen LogP contribution in [0.5, 0.6) is 5.88 Å². The van der Waals surface area contributed by atoms with Gasteiger partial charge in [0.2, 0.25) is 5.88 Å². The zero-order valence-corrected chi connectivity index (χ0v) is 19.1. The molecule has 0 amide bonds. The molecule has 1 atom stereocenters. The van der Waals surface area contributed by atoms with Crippen molar-refractivity contribution < 1.29 is 32.1 Å². The number of thioether (sulfide) groups is 1. The molecule has 0 radical (unpaired) electrons. The SMILES string of the molecule is CC(C)(Oc1cc(NS(=O)(=O)N2CCC2)nc(SCc2cccc(F)c2F)n1)[C@H](O)CO. The Morgan fingerprint density at radius 3 is 2.66 bits per heavy atom. The Morgan fingerprint density at radius 1 is 1.31 bits per heavy atom. The lowest BCUT2D eigenvalue weighted by Gasteiger charge is -2.30. The molecule has 0 spiro atoms. The predicted molar refractivity (Wildman–Crippen MR) is 114 cm³/mol. The molecule has 2 heterocycles. The maximum Gasteiger partial charge on any atom is 0.302 e. The van der Waals surface area contributed by atoms with Crippen molar-refractivity contribution in [1.82, 2.24) is 14.3 Å². The summed E-state index contributed by atoms with van der Waals surface area (Å²) in [5.41, 5.74) is -1.17. The molecule has 2 aromatic rings. The minimum atomic E-state index is -3.82. The Kier molecular flexibility index (Phi) is 7.55. The minimum absolute atomic E-state index is 0.0198. The van der Waals surface area contributed by atoms with E-state index in [2.05, 4.69) is 14.7 Å². The molecule has 32 heavy (non-hydrogen) atoms. The van der Waals surface area contributed by atoms with E-state index in [4.69, 9.17) is 4.74 Å². The summed E-state index contributed by atoms with van der Waals surface area (Å²) < 4.78 is 61.6. The molecule has 1 aliphatic heterocycles. The van der Waals surface area contributed by atoms with E-state index in [0.29, 0.717) is 13.1 Å². The number of anilines is 1. The summed E-state index contributed by atoms with van der Waals surface area (Å²) in [5, 5.41) is 19.3. The van der Waals surface area contributed by atoms with Crippen molar-refractivity contribution in [3.05, 3.63) is 41.5 Å². The van der Waals surface area contributed by atoms with E-state index in [0.717, 1.165) is 24.2 Å². The van der Waals surface area contributed by atoms with E-state index in [9.17, 15) is 27.4 Å². The molecule has 0 saturated carbocycles. The number of rotatable bonds is 10. The van der Waals surface area contributed by atoms with Gasteiger partial charge in [0, 0.05) is 30.5 Å². The Balaban J connectivity index is 1.87. The van der Waals surface area contributed by atoms with Gasteiger partial charge in [0.25, 0.3) is 0 Å². The first-order valence-corrected chi connectivity index (χ1v) is 12.1. The zero-order chi connectivity index (χ0) is 23.5. The van der Waals surface area contributed by atoms with Gasteiger partial charge in [0.15, 0.2) is 16.8 Å². The number of aromatic nitrogens is 2. The van der Waals surface area contributed by atoms with E-state index < -0.39 is 40.2 Å². The van der Waals surface area contributed by atoms with Crippen LogP contribution in [0, 0.1) is 11.6 Å². The van der Waals surface area contributed by atoms with Crippen LogP contribution in [-0.4, -0.2) is 64.3 Å². The second-order valence-corrected chi connectivity index (χ2v) is 10.3. The Hall–Kier alpha value is -2.06. The molecule has 3 rings (SSSR count). The fourth-order valence-corrected chi connectivity index (χ4v) is 4.72. The number of halogens is 2. The van der Waals surface area contributed by atoms with Gasteiger partial charge in [-0.05, 0) is 26.3 Å². The molecule has 9 nitrogen and oxygen atoms in total. The number of aliphatic hydroxyl groups is 2. The van der Waals surface area contributed by atoms with Crippen LogP contribution in [0.2, 0.25) is 0 Å². The molecular formula is C19H24F2N4O5S2. The van der Waals surface area contributed by atoms with Gasteiger partial charge in [-0.25, -0.2) is 13.8 Å². The number of hydrogen-bond donors (Lipinski definition) is 3. The topological polar surface area (TPSA) is 125 Å². The second-order valence-electron chi connectivity index (χ2n) is 7.64. The van der Waals surface area contributed by atoms with Gasteiger partial charge in [-0.3, -0.25) is 4.72 Å². The fraction of sp³-hybridized carbons (Fsp3) is 0.474. The highest BCUT2D eigenvalue weighted by atomic mass is 32.2. The molecule has 1 aromatic heterocycles. The van der Waals surface area contributed by atoms with Crippen molar-refractivity contribution >= 4 is 27.8 Å². The first kappa shape index (κ1) is 24.6. The van der Waals surface area contributed by atoms with Crippen molar-refractivity contribution in [2.75, 3.05) is 24.4 Å². The van der Waals surface area contributed by atoms with Crippen LogP contribution in [0.1, 0.15) is 25.8 Å². The predicted octanol–water partition coefficient (Wildman–Crippen LogP) is 1.92. The molecule has 13 heteroatoms. The number of nitrogens with zero attached hydrogens (tertiary/aromatic N) is 3. The molecule has 1 aliphatic rings. The summed E-state index contributed by atoms with van der Waals surface area (Å²) in [4.78, 5) is 8.33. The van der Waals surface area contributed by atoms with Crippen LogP contribution in [0.4, 0.5) is 14.6 Å². The van der Waals surface area contributed by atoms with Crippen LogP contribution in [0.3, 0.4) is 0 Å². The zero-order valence-electron chi connectivity index (χ0n) is 17.5. The maximum absolute atomic E-state index is 14.0. The van der Waals surface area contributed by atoms with E-state index in [1.807, 2.05) is 0 Å². The minimum Gasteiger partial charge on any atom is -0.469 e. The largest absolute Gasteiger partial charge is 0.469 e. The van der Waals surface area contributed by atoms with Gasteiger partial charge in [-0.2, -0.15) is 17.7 Å². The maximum atomic E-state index is 14.0. The first-order chi connectivity index (χ1) is 15.0.